The minimum atomic E-state index is -0.159. The summed E-state index contributed by atoms with van der Waals surface area (Å²) in [7, 11) is 0. The van der Waals surface area contributed by atoms with Crippen molar-refractivity contribution in [2.24, 2.45) is 0 Å². The second kappa shape index (κ2) is 21.8. The largest absolute Gasteiger partial charge is 1.00 e. The molecule has 4 aromatic rings. The van der Waals surface area contributed by atoms with Crippen LogP contribution < -0.4 is 24.8 Å². The van der Waals surface area contributed by atoms with E-state index >= 15 is 0 Å². The molecule has 56 heavy (non-hydrogen) atoms. The van der Waals surface area contributed by atoms with Gasteiger partial charge in [-0.2, -0.15) is 34.4 Å². The molecule has 0 aromatic heterocycles. The van der Waals surface area contributed by atoms with Crippen molar-refractivity contribution in [1.29, 1.82) is 0 Å². The predicted molar refractivity (Wildman–Crippen MR) is 221 cm³/mol. The Kier molecular flexibility index (Phi) is 17.5. The maximum atomic E-state index is 14.8. The third-order valence-corrected chi connectivity index (χ3v) is 9.89. The molecule has 4 aliphatic carbocycles. The van der Waals surface area contributed by atoms with Crippen LogP contribution in [0.1, 0.15) is 62.5 Å². The molecule has 8 rings (SSSR count). The van der Waals surface area contributed by atoms with Crippen LogP contribution in [0.15, 0.2) is 179 Å². The van der Waals surface area contributed by atoms with Gasteiger partial charge in [-0.25, -0.2) is 8.78 Å². The maximum absolute atomic E-state index is 14.8. The second-order valence-corrected chi connectivity index (χ2v) is 23.4. The van der Waals surface area contributed by atoms with Crippen LogP contribution in [0.4, 0.5) is 8.78 Å². The van der Waals surface area contributed by atoms with Gasteiger partial charge in [-0.15, -0.1) is 47.6 Å². The number of benzene rings is 4. The number of rotatable bonds is 6. The Bertz CT molecular complexity index is 2100. The summed E-state index contributed by atoms with van der Waals surface area (Å²) in [5.41, 5.74) is 12.7. The van der Waals surface area contributed by atoms with Crippen molar-refractivity contribution in [3.05, 3.63) is 214 Å². The SMILES string of the molecule is CCC1=[C-]C2=CC=CCC(c3ccc(-c4ccccc4)c(F)c3)C2=C1.CCC1=[C-]C2=CC=CCC(c3ccc(-c4ccccc4)c(F)c3)C2=C1.C[Si](C)=[Zr+2].[Cl-].[Cl-]. The van der Waals surface area contributed by atoms with Crippen LogP contribution in [0.5, 0.6) is 0 Å². The van der Waals surface area contributed by atoms with Gasteiger partial charge in [0.2, 0.25) is 0 Å². The first-order valence-electron chi connectivity index (χ1n) is 18.9. The van der Waals surface area contributed by atoms with Gasteiger partial charge in [0.05, 0.1) is 0 Å². The van der Waals surface area contributed by atoms with Crippen molar-refractivity contribution in [3.8, 4) is 22.3 Å². The van der Waals surface area contributed by atoms with Crippen LogP contribution >= 0.6 is 0 Å². The van der Waals surface area contributed by atoms with Crippen LogP contribution in [-0.2, 0) is 23.3 Å². The molecule has 2 unspecified atom stereocenters. The van der Waals surface area contributed by atoms with Crippen LogP contribution in [0.25, 0.3) is 22.3 Å². The molecule has 4 aromatic carbocycles. The summed E-state index contributed by atoms with van der Waals surface area (Å²) in [6, 6.07) is 30.8. The fraction of sp³-hybridized carbons (Fsp3) is 0.200. The Balaban J connectivity index is 0.000000220. The third-order valence-electron chi connectivity index (χ3n) is 9.89. The van der Waals surface area contributed by atoms with Crippen LogP contribution in [0.2, 0.25) is 13.1 Å². The van der Waals surface area contributed by atoms with Crippen molar-refractivity contribution >= 4 is 5.43 Å². The van der Waals surface area contributed by atoms with Gasteiger partial charge >= 0.3 is 41.9 Å². The zero-order valence-electron chi connectivity index (χ0n) is 32.4. The molecule has 0 fully saturated rings. The van der Waals surface area contributed by atoms with Crippen LogP contribution in [0, 0.1) is 23.8 Å². The van der Waals surface area contributed by atoms with Gasteiger partial charge in [0.25, 0.3) is 0 Å². The summed E-state index contributed by atoms with van der Waals surface area (Å²) in [6.07, 6.45) is 27.8. The van der Waals surface area contributed by atoms with Crippen molar-refractivity contribution in [3.63, 3.8) is 0 Å². The molecule has 0 amide bonds. The molecule has 284 valence electrons. The normalized spacial score (nSPS) is 17.4. The quantitative estimate of drug-likeness (QED) is 0.137. The summed E-state index contributed by atoms with van der Waals surface area (Å²) >= 11 is 1.74. The Morgan fingerprint density at radius 1 is 0.607 bits per heavy atom. The number of hydrogen-bond acceptors (Lipinski definition) is 0. The van der Waals surface area contributed by atoms with Gasteiger partial charge in [-0.1, -0.05) is 111 Å². The maximum Gasteiger partial charge on any atom is -1.00 e. The summed E-state index contributed by atoms with van der Waals surface area (Å²) in [5, 5.41) is 0. The van der Waals surface area contributed by atoms with Gasteiger partial charge < -0.3 is 24.8 Å². The summed E-state index contributed by atoms with van der Waals surface area (Å²) in [6.45, 7) is 8.90. The molecule has 0 N–H and O–H groups in total. The molecule has 0 nitrogen and oxygen atoms in total. The van der Waals surface area contributed by atoms with E-state index in [0.717, 1.165) is 59.1 Å². The molecular weight excluding hydrogens is 829 g/mol. The molecule has 0 aliphatic heterocycles. The molecule has 6 heteroatoms. The van der Waals surface area contributed by atoms with Gasteiger partial charge in [0.15, 0.2) is 0 Å². The smallest absolute Gasteiger partial charge is 1.00 e. The molecule has 0 saturated heterocycles. The molecule has 0 heterocycles. The minimum absolute atomic E-state index is 0. The van der Waals surface area contributed by atoms with E-state index in [1.165, 1.54) is 22.3 Å². The molecule has 0 spiro atoms. The van der Waals surface area contributed by atoms with Gasteiger partial charge in [-0.05, 0) is 71.9 Å². The standard InChI is InChI=1S/2C24H20F.C2H6Si.2ClH.Zr/c2*1-2-17-14-19-10-6-7-11-21(23(19)15-17)20-12-13-22(24(25)16-20)18-8-4-3-5-9-18;1-3-2;;;/h2*3-10,12-13,15-16,21H,2,11H2,1H3;1-2H3;2*1H;/q2*-1;;;;+2/p-2. The zero-order valence-corrected chi connectivity index (χ0v) is 37.3. The predicted octanol–water partition coefficient (Wildman–Crippen LogP) is 7.88. The van der Waals surface area contributed by atoms with Crippen LogP contribution in [0.3, 0.4) is 0 Å². The number of allylic oxidation sites excluding steroid dienone is 16. The Morgan fingerprint density at radius 3 is 1.32 bits per heavy atom. The van der Waals surface area contributed by atoms with Crippen molar-refractivity contribution < 1.29 is 56.9 Å². The average Bonchev–Trinajstić information content (AvgIpc) is 3.66. The molecule has 0 saturated carbocycles. The monoisotopic (exact) mass is 872 g/mol. The van der Waals surface area contributed by atoms with Crippen molar-refractivity contribution in [2.45, 2.75) is 64.5 Å². The van der Waals surface area contributed by atoms with E-state index in [1.54, 1.807) is 35.5 Å². The fourth-order valence-corrected chi connectivity index (χ4v) is 7.17. The number of hydrogen-bond donors (Lipinski definition) is 0. The number of fused-ring (bicyclic) bond motifs is 2. The van der Waals surface area contributed by atoms with Gasteiger partial charge in [0.1, 0.15) is 11.6 Å². The van der Waals surface area contributed by atoms with E-state index in [9.17, 15) is 8.78 Å². The van der Waals surface area contributed by atoms with E-state index in [1.807, 2.05) is 72.8 Å². The van der Waals surface area contributed by atoms with E-state index in [4.69, 9.17) is 0 Å². The van der Waals surface area contributed by atoms with Gasteiger partial charge in [0, 0.05) is 11.1 Å². The van der Waals surface area contributed by atoms with E-state index in [-0.39, 0.29) is 53.7 Å². The van der Waals surface area contributed by atoms with Crippen molar-refractivity contribution in [2.75, 3.05) is 0 Å². The van der Waals surface area contributed by atoms with E-state index in [0.29, 0.717) is 11.1 Å². The summed E-state index contributed by atoms with van der Waals surface area (Å²) in [4.78, 5) is 0. The van der Waals surface area contributed by atoms with Gasteiger partial charge in [-0.3, -0.25) is 0 Å². The average molecular weight is 875 g/mol. The van der Waals surface area contributed by atoms with Crippen LogP contribution in [-0.4, -0.2) is 5.43 Å². The first-order valence-corrected chi connectivity index (χ1v) is 25.1. The van der Waals surface area contributed by atoms with E-state index in [2.05, 4.69) is 99.8 Å². The molecule has 0 radical (unpaired) electrons. The molecule has 2 atom stereocenters. The molecule has 4 aliphatic rings. The molecular formula is C50H46Cl2F2SiZr-2. The first-order chi connectivity index (χ1) is 26.2. The first kappa shape index (κ1) is 45.0. The summed E-state index contributed by atoms with van der Waals surface area (Å²) in [5.74, 6) is 0.0455. The minimum Gasteiger partial charge on any atom is -1.00 e. The Hall–Kier alpha value is -3.66. The summed E-state index contributed by atoms with van der Waals surface area (Å²) < 4.78 is 29.6. The zero-order chi connectivity index (χ0) is 38.0. The Labute approximate surface area is 360 Å². The number of halogens is 4. The van der Waals surface area contributed by atoms with E-state index < -0.39 is 0 Å². The van der Waals surface area contributed by atoms with Crippen molar-refractivity contribution in [1.82, 2.24) is 0 Å². The Morgan fingerprint density at radius 2 is 0.982 bits per heavy atom. The topological polar surface area (TPSA) is 0 Å². The fourth-order valence-electron chi connectivity index (χ4n) is 7.17. The third kappa shape index (κ3) is 11.3. The molecule has 0 bridgehead atoms. The second-order valence-electron chi connectivity index (χ2n) is 14.0.